The Balaban J connectivity index is 2.44. The SMILES string of the molecule is CCC(C)/C=C(\C)C1OCCCO1. The van der Waals surface area contributed by atoms with Gasteiger partial charge in [-0.05, 0) is 24.8 Å². The lowest BCUT2D eigenvalue weighted by Crippen LogP contribution is -2.26. The molecule has 0 aromatic heterocycles. The summed E-state index contributed by atoms with van der Waals surface area (Å²) in [6.45, 7) is 8.15. The molecule has 1 heterocycles. The predicted octanol–water partition coefficient (Wildman–Crippen LogP) is 2.74. The highest BCUT2D eigenvalue weighted by Gasteiger charge is 2.15. The van der Waals surface area contributed by atoms with Crippen molar-refractivity contribution in [2.75, 3.05) is 13.2 Å². The Morgan fingerprint density at radius 3 is 2.62 bits per heavy atom. The molecule has 1 saturated heterocycles. The monoisotopic (exact) mass is 184 g/mol. The van der Waals surface area contributed by atoms with E-state index in [1.165, 1.54) is 12.0 Å². The molecule has 1 aliphatic rings. The van der Waals surface area contributed by atoms with Crippen LogP contribution >= 0.6 is 0 Å². The Hall–Kier alpha value is -0.340. The van der Waals surface area contributed by atoms with Gasteiger partial charge in [-0.1, -0.05) is 26.3 Å². The van der Waals surface area contributed by atoms with Crippen LogP contribution in [0.25, 0.3) is 0 Å². The third-order valence-corrected chi connectivity index (χ3v) is 2.39. The third kappa shape index (κ3) is 3.49. The van der Waals surface area contributed by atoms with E-state index >= 15 is 0 Å². The first kappa shape index (κ1) is 10.7. The summed E-state index contributed by atoms with van der Waals surface area (Å²) in [7, 11) is 0. The molecule has 1 fully saturated rings. The first-order chi connectivity index (χ1) is 6.24. The van der Waals surface area contributed by atoms with E-state index in [4.69, 9.17) is 9.47 Å². The maximum absolute atomic E-state index is 5.49. The van der Waals surface area contributed by atoms with Crippen molar-refractivity contribution in [2.24, 2.45) is 5.92 Å². The highest BCUT2D eigenvalue weighted by molar-refractivity contribution is 5.04. The van der Waals surface area contributed by atoms with Crippen molar-refractivity contribution in [3.8, 4) is 0 Å². The van der Waals surface area contributed by atoms with Gasteiger partial charge in [-0.25, -0.2) is 0 Å². The summed E-state index contributed by atoms with van der Waals surface area (Å²) in [6, 6.07) is 0. The van der Waals surface area contributed by atoms with Crippen molar-refractivity contribution in [1.29, 1.82) is 0 Å². The molecule has 0 bridgehead atoms. The molecule has 1 unspecified atom stereocenters. The van der Waals surface area contributed by atoms with Crippen LogP contribution in [0.15, 0.2) is 11.6 Å². The predicted molar refractivity (Wildman–Crippen MR) is 53.5 cm³/mol. The zero-order chi connectivity index (χ0) is 9.68. The summed E-state index contributed by atoms with van der Waals surface area (Å²) in [5, 5.41) is 0. The molecule has 76 valence electrons. The summed E-state index contributed by atoms with van der Waals surface area (Å²) < 4.78 is 11.0. The lowest BCUT2D eigenvalue weighted by Gasteiger charge is -2.24. The first-order valence-corrected chi connectivity index (χ1v) is 5.15. The van der Waals surface area contributed by atoms with Crippen LogP contribution in [0.2, 0.25) is 0 Å². The Morgan fingerprint density at radius 2 is 2.08 bits per heavy atom. The third-order valence-electron chi connectivity index (χ3n) is 2.39. The van der Waals surface area contributed by atoms with Crippen molar-refractivity contribution in [3.63, 3.8) is 0 Å². The van der Waals surface area contributed by atoms with Gasteiger partial charge in [0.15, 0.2) is 6.29 Å². The van der Waals surface area contributed by atoms with Crippen LogP contribution in [-0.4, -0.2) is 19.5 Å². The van der Waals surface area contributed by atoms with Crippen molar-refractivity contribution in [3.05, 3.63) is 11.6 Å². The molecule has 2 heteroatoms. The second-order valence-electron chi connectivity index (χ2n) is 3.72. The van der Waals surface area contributed by atoms with Gasteiger partial charge in [0.05, 0.1) is 13.2 Å². The van der Waals surface area contributed by atoms with Crippen LogP contribution in [0.1, 0.15) is 33.6 Å². The van der Waals surface area contributed by atoms with E-state index in [0.717, 1.165) is 19.6 Å². The van der Waals surface area contributed by atoms with E-state index in [1.807, 2.05) is 0 Å². The van der Waals surface area contributed by atoms with Crippen LogP contribution in [-0.2, 0) is 9.47 Å². The van der Waals surface area contributed by atoms with Crippen molar-refractivity contribution >= 4 is 0 Å². The summed E-state index contributed by atoms with van der Waals surface area (Å²) >= 11 is 0. The van der Waals surface area contributed by atoms with E-state index in [2.05, 4.69) is 26.8 Å². The standard InChI is InChI=1S/C11H20O2/c1-4-9(2)8-10(3)11-12-6-5-7-13-11/h8-9,11H,4-7H2,1-3H3/b10-8+. The maximum atomic E-state index is 5.49. The molecule has 0 N–H and O–H groups in total. The largest absolute Gasteiger partial charge is 0.349 e. The van der Waals surface area contributed by atoms with Crippen LogP contribution in [0, 0.1) is 5.92 Å². The highest BCUT2D eigenvalue weighted by atomic mass is 16.7. The number of allylic oxidation sites excluding steroid dienone is 1. The zero-order valence-corrected chi connectivity index (χ0v) is 8.88. The minimum Gasteiger partial charge on any atom is -0.349 e. The molecule has 0 spiro atoms. The second-order valence-corrected chi connectivity index (χ2v) is 3.72. The van der Waals surface area contributed by atoms with Gasteiger partial charge in [0.1, 0.15) is 0 Å². The smallest absolute Gasteiger partial charge is 0.179 e. The van der Waals surface area contributed by atoms with Crippen LogP contribution in [0.3, 0.4) is 0 Å². The van der Waals surface area contributed by atoms with Crippen molar-refractivity contribution in [2.45, 2.75) is 39.9 Å². The van der Waals surface area contributed by atoms with Crippen molar-refractivity contribution in [1.82, 2.24) is 0 Å². The molecule has 1 aliphatic heterocycles. The second kappa shape index (κ2) is 5.40. The molecule has 2 nitrogen and oxygen atoms in total. The topological polar surface area (TPSA) is 18.5 Å². The summed E-state index contributed by atoms with van der Waals surface area (Å²) in [5.74, 6) is 0.620. The van der Waals surface area contributed by atoms with E-state index in [0.29, 0.717) is 5.92 Å². The van der Waals surface area contributed by atoms with E-state index in [-0.39, 0.29) is 6.29 Å². The lowest BCUT2D eigenvalue weighted by atomic mass is 10.1. The Morgan fingerprint density at radius 1 is 1.46 bits per heavy atom. The summed E-state index contributed by atoms with van der Waals surface area (Å²) in [5.41, 5.74) is 1.22. The van der Waals surface area contributed by atoms with Gasteiger partial charge in [-0.2, -0.15) is 0 Å². The number of hydrogen-bond donors (Lipinski definition) is 0. The number of rotatable bonds is 3. The van der Waals surface area contributed by atoms with E-state index in [9.17, 15) is 0 Å². The molecule has 1 atom stereocenters. The van der Waals surface area contributed by atoms with Gasteiger partial charge < -0.3 is 9.47 Å². The molecule has 0 saturated carbocycles. The highest BCUT2D eigenvalue weighted by Crippen LogP contribution is 2.16. The van der Waals surface area contributed by atoms with Gasteiger partial charge in [-0.15, -0.1) is 0 Å². The maximum Gasteiger partial charge on any atom is 0.179 e. The summed E-state index contributed by atoms with van der Waals surface area (Å²) in [4.78, 5) is 0. The Bertz CT molecular complexity index is 169. The normalized spacial score (nSPS) is 23.2. The molecule has 0 aromatic rings. The number of ether oxygens (including phenoxy) is 2. The molecular formula is C11H20O2. The summed E-state index contributed by atoms with van der Waals surface area (Å²) in [6.07, 6.45) is 4.36. The fourth-order valence-corrected chi connectivity index (χ4v) is 1.40. The van der Waals surface area contributed by atoms with E-state index < -0.39 is 0 Å². The zero-order valence-electron chi connectivity index (χ0n) is 8.88. The van der Waals surface area contributed by atoms with Gasteiger partial charge in [0.25, 0.3) is 0 Å². The Kier molecular flexibility index (Phi) is 4.46. The minimum absolute atomic E-state index is 0.0808. The minimum atomic E-state index is -0.0808. The van der Waals surface area contributed by atoms with E-state index in [1.54, 1.807) is 0 Å². The molecule has 13 heavy (non-hydrogen) atoms. The fourth-order valence-electron chi connectivity index (χ4n) is 1.40. The van der Waals surface area contributed by atoms with Gasteiger partial charge >= 0.3 is 0 Å². The lowest BCUT2D eigenvalue weighted by molar-refractivity contribution is -0.156. The van der Waals surface area contributed by atoms with Crippen molar-refractivity contribution < 1.29 is 9.47 Å². The van der Waals surface area contributed by atoms with Crippen LogP contribution in [0.5, 0.6) is 0 Å². The van der Waals surface area contributed by atoms with Crippen LogP contribution < -0.4 is 0 Å². The molecule has 0 aliphatic carbocycles. The Labute approximate surface area is 80.9 Å². The van der Waals surface area contributed by atoms with Gasteiger partial charge in [0, 0.05) is 0 Å². The molecule has 0 aromatic carbocycles. The molecular weight excluding hydrogens is 164 g/mol. The van der Waals surface area contributed by atoms with Gasteiger partial charge in [0.2, 0.25) is 0 Å². The average Bonchev–Trinajstić information content (AvgIpc) is 2.19. The average molecular weight is 184 g/mol. The van der Waals surface area contributed by atoms with Gasteiger partial charge in [-0.3, -0.25) is 0 Å². The molecule has 1 rings (SSSR count). The quantitative estimate of drug-likeness (QED) is 0.628. The molecule has 0 amide bonds. The first-order valence-electron chi connectivity index (χ1n) is 5.15. The fraction of sp³-hybridized carbons (Fsp3) is 0.818. The van der Waals surface area contributed by atoms with Crippen LogP contribution in [0.4, 0.5) is 0 Å². The molecule has 0 radical (unpaired) electrons. The number of hydrogen-bond acceptors (Lipinski definition) is 2.